The number of oxime groups is 1. The van der Waals surface area contributed by atoms with Gasteiger partial charge in [0, 0.05) is 50.4 Å². The fourth-order valence-corrected chi connectivity index (χ4v) is 3.05. The minimum absolute atomic E-state index is 0.0395. The van der Waals surface area contributed by atoms with Crippen LogP contribution in [0.15, 0.2) is 23.5 Å². The average molecular weight is 295 g/mol. The summed E-state index contributed by atoms with van der Waals surface area (Å²) < 4.78 is 0. The van der Waals surface area contributed by atoms with E-state index in [9.17, 15) is 0 Å². The van der Waals surface area contributed by atoms with Crippen LogP contribution in [0.4, 0.5) is 0 Å². The van der Waals surface area contributed by atoms with Crippen LogP contribution in [0.1, 0.15) is 11.3 Å². The molecule has 0 atom stereocenters. The first-order chi connectivity index (χ1) is 9.79. The summed E-state index contributed by atoms with van der Waals surface area (Å²) in [4.78, 5) is 6.54. The van der Waals surface area contributed by atoms with Crippen molar-refractivity contribution in [2.75, 3.05) is 37.7 Å². The molecule has 0 saturated carbocycles. The third-order valence-electron chi connectivity index (χ3n) is 3.23. The number of thioether (sulfide) groups is 1. The molecule has 4 N–H and O–H groups in total. The van der Waals surface area contributed by atoms with Crippen molar-refractivity contribution in [3.63, 3.8) is 0 Å². The molecule has 0 radical (unpaired) electrons. The van der Waals surface area contributed by atoms with Gasteiger partial charge in [0.1, 0.15) is 5.69 Å². The van der Waals surface area contributed by atoms with Gasteiger partial charge in [-0.2, -0.15) is 11.8 Å². The maximum absolute atomic E-state index is 8.64. The van der Waals surface area contributed by atoms with E-state index < -0.39 is 0 Å². The standard InChI is InChI=1S/C13H21N5OS/c14-13(17-19)12-9-11(1-2-16-12)10-15-3-4-18-5-7-20-8-6-18/h1-2,9,15,19H,3-8,10H2,(H2,14,17). The molecule has 1 aliphatic heterocycles. The Balaban J connectivity index is 1.73. The lowest BCUT2D eigenvalue weighted by Crippen LogP contribution is -2.37. The molecule has 0 aliphatic carbocycles. The Morgan fingerprint density at radius 1 is 1.50 bits per heavy atom. The van der Waals surface area contributed by atoms with Gasteiger partial charge in [0.25, 0.3) is 0 Å². The van der Waals surface area contributed by atoms with Crippen molar-refractivity contribution >= 4 is 17.6 Å². The molecule has 2 rings (SSSR count). The van der Waals surface area contributed by atoms with E-state index in [4.69, 9.17) is 10.9 Å². The Morgan fingerprint density at radius 3 is 3.05 bits per heavy atom. The first-order valence-corrected chi connectivity index (χ1v) is 7.88. The van der Waals surface area contributed by atoms with Crippen LogP contribution in [0.5, 0.6) is 0 Å². The Hall–Kier alpha value is -1.31. The van der Waals surface area contributed by atoms with Crippen molar-refractivity contribution in [3.05, 3.63) is 29.6 Å². The minimum Gasteiger partial charge on any atom is -0.409 e. The Labute approximate surface area is 123 Å². The van der Waals surface area contributed by atoms with Gasteiger partial charge >= 0.3 is 0 Å². The van der Waals surface area contributed by atoms with E-state index in [0.717, 1.165) is 25.2 Å². The highest BCUT2D eigenvalue weighted by Gasteiger charge is 2.09. The summed E-state index contributed by atoms with van der Waals surface area (Å²) in [5.74, 6) is 2.53. The van der Waals surface area contributed by atoms with E-state index >= 15 is 0 Å². The SMILES string of the molecule is N/C(=N/O)c1cc(CNCCN2CCSCC2)ccn1. The highest BCUT2D eigenvalue weighted by molar-refractivity contribution is 7.99. The van der Waals surface area contributed by atoms with Gasteiger partial charge in [-0.3, -0.25) is 4.98 Å². The molecule has 20 heavy (non-hydrogen) atoms. The number of hydrogen-bond donors (Lipinski definition) is 3. The molecule has 2 heterocycles. The molecule has 1 aromatic heterocycles. The number of hydrogen-bond acceptors (Lipinski definition) is 6. The van der Waals surface area contributed by atoms with E-state index in [1.54, 1.807) is 6.20 Å². The van der Waals surface area contributed by atoms with Crippen LogP contribution in [-0.2, 0) is 6.54 Å². The Bertz CT molecular complexity index is 448. The van der Waals surface area contributed by atoms with Crippen LogP contribution in [0, 0.1) is 0 Å². The lowest BCUT2D eigenvalue weighted by molar-refractivity contribution is 0.301. The first-order valence-electron chi connectivity index (χ1n) is 6.73. The van der Waals surface area contributed by atoms with Gasteiger partial charge in [-0.25, -0.2) is 0 Å². The Kier molecular flexibility index (Phi) is 6.10. The second-order valence-electron chi connectivity index (χ2n) is 4.67. The van der Waals surface area contributed by atoms with Crippen LogP contribution in [0.2, 0.25) is 0 Å². The Morgan fingerprint density at radius 2 is 2.30 bits per heavy atom. The van der Waals surface area contributed by atoms with Gasteiger partial charge in [0.2, 0.25) is 0 Å². The fourth-order valence-electron chi connectivity index (χ4n) is 2.07. The summed E-state index contributed by atoms with van der Waals surface area (Å²) in [7, 11) is 0. The van der Waals surface area contributed by atoms with Gasteiger partial charge in [0.15, 0.2) is 5.84 Å². The summed E-state index contributed by atoms with van der Waals surface area (Å²) >= 11 is 2.03. The van der Waals surface area contributed by atoms with Crippen molar-refractivity contribution < 1.29 is 5.21 Å². The zero-order valence-corrected chi connectivity index (χ0v) is 12.3. The molecule has 110 valence electrons. The van der Waals surface area contributed by atoms with Gasteiger partial charge in [-0.05, 0) is 17.7 Å². The van der Waals surface area contributed by atoms with E-state index in [0.29, 0.717) is 5.69 Å². The molecule has 0 amide bonds. The molecular formula is C13H21N5OS. The molecule has 0 spiro atoms. The number of nitrogens with zero attached hydrogens (tertiary/aromatic N) is 3. The minimum atomic E-state index is 0.0395. The van der Waals surface area contributed by atoms with Gasteiger partial charge in [-0.1, -0.05) is 5.16 Å². The van der Waals surface area contributed by atoms with Gasteiger partial charge in [0.05, 0.1) is 0 Å². The van der Waals surface area contributed by atoms with Crippen LogP contribution >= 0.6 is 11.8 Å². The number of pyridine rings is 1. The van der Waals surface area contributed by atoms with Crippen molar-refractivity contribution in [2.45, 2.75) is 6.54 Å². The van der Waals surface area contributed by atoms with Crippen LogP contribution < -0.4 is 11.1 Å². The predicted octanol–water partition coefficient (Wildman–Crippen LogP) is 0.315. The van der Waals surface area contributed by atoms with Crippen LogP contribution in [0.25, 0.3) is 0 Å². The van der Waals surface area contributed by atoms with Gasteiger partial charge < -0.3 is 21.2 Å². The molecule has 0 aromatic carbocycles. The third kappa shape index (κ3) is 4.66. The molecule has 1 aliphatic rings. The molecule has 1 fully saturated rings. The summed E-state index contributed by atoms with van der Waals surface area (Å²) in [6, 6.07) is 3.76. The normalized spacial score (nSPS) is 17.3. The maximum atomic E-state index is 8.64. The number of nitrogens with two attached hydrogens (primary N) is 1. The monoisotopic (exact) mass is 295 g/mol. The summed E-state index contributed by atoms with van der Waals surface area (Å²) in [5.41, 5.74) is 7.10. The molecule has 0 bridgehead atoms. The summed E-state index contributed by atoms with van der Waals surface area (Å²) in [6.07, 6.45) is 1.67. The molecular weight excluding hydrogens is 274 g/mol. The second kappa shape index (κ2) is 8.08. The third-order valence-corrected chi connectivity index (χ3v) is 4.17. The number of amidine groups is 1. The molecule has 1 saturated heterocycles. The van der Waals surface area contributed by atoms with Crippen molar-refractivity contribution in [3.8, 4) is 0 Å². The zero-order chi connectivity index (χ0) is 14.2. The van der Waals surface area contributed by atoms with E-state index in [1.807, 2.05) is 23.9 Å². The summed E-state index contributed by atoms with van der Waals surface area (Å²) in [6.45, 7) is 5.19. The molecule has 7 heteroatoms. The van der Waals surface area contributed by atoms with Gasteiger partial charge in [-0.15, -0.1) is 0 Å². The molecule has 0 unspecified atom stereocenters. The fraction of sp³-hybridized carbons (Fsp3) is 0.538. The predicted molar refractivity (Wildman–Crippen MR) is 82.2 cm³/mol. The topological polar surface area (TPSA) is 86.8 Å². The van der Waals surface area contributed by atoms with Crippen LogP contribution in [0.3, 0.4) is 0 Å². The highest BCUT2D eigenvalue weighted by atomic mass is 32.2. The quantitative estimate of drug-likeness (QED) is 0.230. The van der Waals surface area contributed by atoms with E-state index in [-0.39, 0.29) is 5.84 Å². The van der Waals surface area contributed by atoms with Crippen molar-refractivity contribution in [1.82, 2.24) is 15.2 Å². The number of rotatable bonds is 6. The molecule has 1 aromatic rings. The second-order valence-corrected chi connectivity index (χ2v) is 5.89. The first kappa shape index (κ1) is 15.1. The summed E-state index contributed by atoms with van der Waals surface area (Å²) in [5, 5.41) is 15.0. The van der Waals surface area contributed by atoms with E-state index in [2.05, 4.69) is 20.4 Å². The number of aromatic nitrogens is 1. The van der Waals surface area contributed by atoms with E-state index in [1.165, 1.54) is 24.6 Å². The highest BCUT2D eigenvalue weighted by Crippen LogP contribution is 2.08. The maximum Gasteiger partial charge on any atom is 0.188 e. The lowest BCUT2D eigenvalue weighted by Gasteiger charge is -2.26. The smallest absolute Gasteiger partial charge is 0.188 e. The zero-order valence-electron chi connectivity index (χ0n) is 11.5. The average Bonchev–Trinajstić information content (AvgIpc) is 2.52. The van der Waals surface area contributed by atoms with Crippen molar-refractivity contribution in [1.29, 1.82) is 0 Å². The lowest BCUT2D eigenvalue weighted by atomic mass is 10.2. The van der Waals surface area contributed by atoms with Crippen LogP contribution in [-0.4, -0.2) is 58.6 Å². The van der Waals surface area contributed by atoms with Crippen molar-refractivity contribution in [2.24, 2.45) is 10.9 Å². The largest absolute Gasteiger partial charge is 0.409 e. The molecule has 6 nitrogen and oxygen atoms in total. The number of nitrogens with one attached hydrogen (secondary N) is 1.